The van der Waals surface area contributed by atoms with Crippen LogP contribution in [0.4, 0.5) is 16.2 Å². The van der Waals surface area contributed by atoms with E-state index < -0.39 is 0 Å². The Hall–Kier alpha value is -2.15. The third-order valence-electron chi connectivity index (χ3n) is 4.97. The lowest BCUT2D eigenvalue weighted by Crippen LogP contribution is -2.41. The van der Waals surface area contributed by atoms with E-state index in [1.165, 1.54) is 0 Å². The van der Waals surface area contributed by atoms with Crippen LogP contribution in [0.25, 0.3) is 0 Å². The van der Waals surface area contributed by atoms with Crippen LogP contribution in [0.15, 0.2) is 18.2 Å². The zero-order chi connectivity index (χ0) is 19.1. The van der Waals surface area contributed by atoms with E-state index in [9.17, 15) is 9.59 Å². The molecule has 1 fully saturated rings. The van der Waals surface area contributed by atoms with E-state index in [1.54, 1.807) is 16.7 Å². The minimum atomic E-state index is -0.351. The number of carbonyl (C=O) groups is 2. The molecule has 2 aliphatic rings. The summed E-state index contributed by atoms with van der Waals surface area (Å²) in [6, 6.07) is 5.91. The summed E-state index contributed by atoms with van der Waals surface area (Å²) in [5.41, 5.74) is 2.78. The molecule has 1 aromatic rings. The van der Waals surface area contributed by atoms with Gasteiger partial charge in [-0.2, -0.15) is 0 Å². The third kappa shape index (κ3) is 3.53. The van der Waals surface area contributed by atoms with Gasteiger partial charge in [0.25, 0.3) is 0 Å². The van der Waals surface area contributed by atoms with Crippen LogP contribution in [0.3, 0.4) is 0 Å². The van der Waals surface area contributed by atoms with Crippen LogP contribution >= 0.6 is 12.2 Å². The summed E-state index contributed by atoms with van der Waals surface area (Å²) >= 11 is 5.00. The Bertz CT molecular complexity index is 744. The maximum atomic E-state index is 12.3. The molecule has 0 saturated carbocycles. The Labute approximate surface area is 159 Å². The lowest BCUT2D eigenvalue weighted by Gasteiger charge is -2.32. The molecule has 2 atom stereocenters. The van der Waals surface area contributed by atoms with Crippen molar-refractivity contribution in [3.8, 4) is 0 Å². The average Bonchev–Trinajstić information content (AvgIpc) is 3.12. The van der Waals surface area contributed by atoms with Gasteiger partial charge < -0.3 is 15.0 Å². The first-order chi connectivity index (χ1) is 12.2. The van der Waals surface area contributed by atoms with Crippen molar-refractivity contribution < 1.29 is 14.3 Å². The molecular formula is C19H25N3O3S. The molecule has 3 rings (SSSR count). The number of nitrogens with one attached hydrogen (secondary N) is 1. The summed E-state index contributed by atoms with van der Waals surface area (Å²) in [6.45, 7) is 9.19. The van der Waals surface area contributed by atoms with E-state index in [0.717, 1.165) is 29.8 Å². The average molecular weight is 375 g/mol. The van der Waals surface area contributed by atoms with Gasteiger partial charge in [-0.15, -0.1) is 0 Å². The summed E-state index contributed by atoms with van der Waals surface area (Å²) < 4.78 is 5.41. The van der Waals surface area contributed by atoms with Gasteiger partial charge in [-0.1, -0.05) is 33.0 Å². The first-order valence-electron chi connectivity index (χ1n) is 8.80. The molecule has 7 heteroatoms. The van der Waals surface area contributed by atoms with Gasteiger partial charge in [0, 0.05) is 17.4 Å². The first-order valence-corrected chi connectivity index (χ1v) is 9.20. The molecule has 2 heterocycles. The van der Waals surface area contributed by atoms with Crippen molar-refractivity contribution in [1.82, 2.24) is 5.32 Å². The molecule has 0 aliphatic carbocycles. The van der Waals surface area contributed by atoms with Gasteiger partial charge in [0.05, 0.1) is 18.1 Å². The fourth-order valence-corrected chi connectivity index (χ4v) is 3.66. The fourth-order valence-electron chi connectivity index (χ4n) is 3.58. The first kappa shape index (κ1) is 18.6. The maximum absolute atomic E-state index is 12.3. The second-order valence-corrected chi connectivity index (χ2v) is 8.58. The summed E-state index contributed by atoms with van der Waals surface area (Å²) in [5.74, 6) is 0. The highest BCUT2D eigenvalue weighted by Crippen LogP contribution is 2.40. The van der Waals surface area contributed by atoms with Crippen LogP contribution in [0.2, 0.25) is 0 Å². The summed E-state index contributed by atoms with van der Waals surface area (Å²) in [5, 5.41) is 3.04. The lowest BCUT2D eigenvalue weighted by atomic mass is 9.84. The topological polar surface area (TPSA) is 61.9 Å². The number of nitrogens with zero attached hydrogens (tertiary/aromatic N) is 2. The Kier molecular flexibility index (Phi) is 4.92. The van der Waals surface area contributed by atoms with Crippen LogP contribution in [0.5, 0.6) is 0 Å². The predicted molar refractivity (Wildman–Crippen MR) is 106 cm³/mol. The van der Waals surface area contributed by atoms with E-state index in [2.05, 4.69) is 26.1 Å². The number of cyclic esters (lactones) is 1. The number of hydrogen-bond donors (Lipinski definition) is 1. The molecule has 1 N–H and O–H groups in total. The van der Waals surface area contributed by atoms with Crippen LogP contribution in [0, 0.1) is 5.41 Å². The molecule has 1 saturated heterocycles. The zero-order valence-electron chi connectivity index (χ0n) is 15.6. The van der Waals surface area contributed by atoms with Gasteiger partial charge in [-0.25, -0.2) is 4.79 Å². The number of anilines is 2. The largest absolute Gasteiger partial charge is 0.442 e. The van der Waals surface area contributed by atoms with Gasteiger partial charge in [0.15, 0.2) is 0 Å². The molecule has 1 aromatic carbocycles. The van der Waals surface area contributed by atoms with Crippen molar-refractivity contribution >= 4 is 41.1 Å². The van der Waals surface area contributed by atoms with Crippen LogP contribution in [0.1, 0.15) is 33.3 Å². The summed E-state index contributed by atoms with van der Waals surface area (Å²) in [6.07, 6.45) is 1.10. The minimum Gasteiger partial charge on any atom is -0.442 e. The fraction of sp³-hybridized carbons (Fsp3) is 0.526. The number of hydrogen-bond acceptors (Lipinski definition) is 4. The monoisotopic (exact) mass is 375 g/mol. The molecule has 1 unspecified atom stereocenters. The highest BCUT2D eigenvalue weighted by atomic mass is 32.1. The van der Waals surface area contributed by atoms with Crippen molar-refractivity contribution in [1.29, 1.82) is 0 Å². The van der Waals surface area contributed by atoms with E-state index in [-0.39, 0.29) is 23.7 Å². The quantitative estimate of drug-likeness (QED) is 0.648. The molecule has 2 aliphatic heterocycles. The smallest absolute Gasteiger partial charge is 0.414 e. The highest BCUT2D eigenvalue weighted by molar-refractivity contribution is 7.80. The SMILES string of the molecule is CC(=S)NC[C@H]1CN(c2ccc3c(c2)CC(C(C)(C)C)N3C=O)C(=O)O1. The minimum absolute atomic E-state index is 0.0258. The molecule has 2 amide bonds. The van der Waals surface area contributed by atoms with Crippen molar-refractivity contribution in [2.24, 2.45) is 5.41 Å². The number of ether oxygens (including phenoxy) is 1. The van der Waals surface area contributed by atoms with Crippen LogP contribution in [-0.2, 0) is 16.0 Å². The Balaban J connectivity index is 1.79. The van der Waals surface area contributed by atoms with Gasteiger partial charge in [0.2, 0.25) is 6.41 Å². The van der Waals surface area contributed by atoms with E-state index in [1.807, 2.05) is 18.2 Å². The van der Waals surface area contributed by atoms with Gasteiger partial charge in [0.1, 0.15) is 6.10 Å². The Morgan fingerprint density at radius 2 is 2.15 bits per heavy atom. The zero-order valence-corrected chi connectivity index (χ0v) is 16.4. The maximum Gasteiger partial charge on any atom is 0.414 e. The van der Waals surface area contributed by atoms with E-state index in [0.29, 0.717) is 18.1 Å². The molecule has 140 valence electrons. The Morgan fingerprint density at radius 3 is 2.77 bits per heavy atom. The number of rotatable bonds is 4. The molecule has 0 radical (unpaired) electrons. The van der Waals surface area contributed by atoms with Gasteiger partial charge in [-0.05, 0) is 42.5 Å². The summed E-state index contributed by atoms with van der Waals surface area (Å²) in [7, 11) is 0. The standard InChI is InChI=1S/C19H25N3O3S/c1-12(26)20-9-15-10-21(18(24)25-15)14-5-6-16-13(7-14)8-17(19(2,3)4)22(16)11-23/h5-7,11,15,17H,8-10H2,1-4H3,(H,20,26)/t15-,17?/m0/s1. The second-order valence-electron chi connectivity index (χ2n) is 7.97. The number of carbonyl (C=O) groups excluding carboxylic acids is 2. The van der Waals surface area contributed by atoms with Crippen molar-refractivity contribution in [2.45, 2.75) is 46.3 Å². The van der Waals surface area contributed by atoms with Crippen LogP contribution < -0.4 is 15.1 Å². The number of amides is 2. The normalized spacial score (nSPS) is 22.2. The Morgan fingerprint density at radius 1 is 1.42 bits per heavy atom. The molecular weight excluding hydrogens is 350 g/mol. The van der Waals surface area contributed by atoms with E-state index >= 15 is 0 Å². The highest BCUT2D eigenvalue weighted by Gasteiger charge is 2.38. The molecule has 6 nitrogen and oxygen atoms in total. The lowest BCUT2D eigenvalue weighted by molar-refractivity contribution is -0.108. The van der Waals surface area contributed by atoms with Crippen molar-refractivity contribution in [2.75, 3.05) is 22.9 Å². The molecule has 0 bridgehead atoms. The number of fused-ring (bicyclic) bond motifs is 1. The summed E-state index contributed by atoms with van der Waals surface area (Å²) in [4.78, 5) is 28.0. The number of benzene rings is 1. The second kappa shape index (κ2) is 6.87. The number of thiocarbonyl (C=S) groups is 1. The molecule has 0 spiro atoms. The van der Waals surface area contributed by atoms with Crippen molar-refractivity contribution in [3.05, 3.63) is 23.8 Å². The molecule has 26 heavy (non-hydrogen) atoms. The third-order valence-corrected chi connectivity index (χ3v) is 5.11. The van der Waals surface area contributed by atoms with Gasteiger partial charge in [-0.3, -0.25) is 9.69 Å². The van der Waals surface area contributed by atoms with Crippen molar-refractivity contribution in [3.63, 3.8) is 0 Å². The predicted octanol–water partition coefficient (Wildman–Crippen LogP) is 2.88. The molecule has 0 aromatic heterocycles. The van der Waals surface area contributed by atoms with Crippen LogP contribution in [-0.4, -0.2) is 42.7 Å². The van der Waals surface area contributed by atoms with E-state index in [4.69, 9.17) is 17.0 Å². The van der Waals surface area contributed by atoms with Gasteiger partial charge >= 0.3 is 6.09 Å².